The Morgan fingerprint density at radius 1 is 0.974 bits per heavy atom. The van der Waals surface area contributed by atoms with Crippen LogP contribution in [0.2, 0.25) is 0 Å². The number of alkyl halides is 2. The maximum absolute atomic E-state index is 13.9. The minimum absolute atomic E-state index is 0.107. The summed E-state index contributed by atoms with van der Waals surface area (Å²) < 4.78 is 5.55. The third kappa shape index (κ3) is 3.31. The summed E-state index contributed by atoms with van der Waals surface area (Å²) in [5, 5.41) is 11.0. The number of phenolic OH excluding ortho intramolecular Hbond substituents is 1. The van der Waals surface area contributed by atoms with Crippen LogP contribution in [0.5, 0.6) is 11.5 Å². The average Bonchev–Trinajstić information content (AvgIpc) is 3.24. The number of hydrogen-bond acceptors (Lipinski definition) is 6. The molecule has 2 heterocycles. The average molecular weight is 569 g/mol. The molecule has 6 unspecified atom stereocenters. The lowest BCUT2D eigenvalue weighted by molar-refractivity contribution is -0.141. The standard InChI is InChI=1S/C29H26Cl2N2O6/c1-32-26(37)28(30)13-18-16(23(29(28,31)27(32)38)22-19(34)9-6-10-20(22)39-2)11-12-17-21(18)25(36)33(24(17)35)14-15-7-4-3-5-8-15/h3-11,17-18,21,23,34H,12-14H2,1-2H3. The van der Waals surface area contributed by atoms with Gasteiger partial charge in [0.2, 0.25) is 11.8 Å². The van der Waals surface area contributed by atoms with Crippen molar-refractivity contribution in [3.05, 3.63) is 71.3 Å². The number of ether oxygens (including phenoxy) is 1. The van der Waals surface area contributed by atoms with Gasteiger partial charge in [0.05, 0.1) is 25.5 Å². The van der Waals surface area contributed by atoms with E-state index >= 15 is 0 Å². The first-order valence-corrected chi connectivity index (χ1v) is 13.5. The molecule has 2 aromatic rings. The van der Waals surface area contributed by atoms with Gasteiger partial charge in [-0.05, 0) is 36.5 Å². The SMILES string of the molecule is COc1cccc(O)c1C1C2=CCC3C(=O)N(Cc4ccccc4)C(=O)C3C2CC2(Cl)C(=O)N(C)C(=O)C12Cl. The van der Waals surface area contributed by atoms with Crippen molar-refractivity contribution < 1.29 is 29.0 Å². The Morgan fingerprint density at radius 2 is 1.69 bits per heavy atom. The zero-order valence-electron chi connectivity index (χ0n) is 21.3. The molecule has 0 aromatic heterocycles. The van der Waals surface area contributed by atoms with Crippen LogP contribution in [0, 0.1) is 17.8 Å². The van der Waals surface area contributed by atoms with Crippen LogP contribution in [0.25, 0.3) is 0 Å². The molecule has 1 saturated carbocycles. The van der Waals surface area contributed by atoms with Gasteiger partial charge in [-0.3, -0.25) is 29.0 Å². The fraction of sp³-hybridized carbons (Fsp3) is 0.379. The van der Waals surface area contributed by atoms with Gasteiger partial charge in [-0.15, -0.1) is 23.2 Å². The zero-order valence-corrected chi connectivity index (χ0v) is 22.8. The van der Waals surface area contributed by atoms with Crippen molar-refractivity contribution in [3.63, 3.8) is 0 Å². The van der Waals surface area contributed by atoms with Gasteiger partial charge in [0.25, 0.3) is 11.8 Å². The second kappa shape index (κ2) is 8.83. The highest BCUT2D eigenvalue weighted by molar-refractivity contribution is 6.53. The predicted molar refractivity (Wildman–Crippen MR) is 142 cm³/mol. The second-order valence-electron chi connectivity index (χ2n) is 10.6. The highest BCUT2D eigenvalue weighted by Gasteiger charge is 2.76. The Kier molecular flexibility index (Phi) is 5.86. The largest absolute Gasteiger partial charge is 0.508 e. The Hall–Kier alpha value is -3.36. The minimum atomic E-state index is -1.99. The molecule has 4 amide bonds. The van der Waals surface area contributed by atoms with Crippen LogP contribution in [-0.2, 0) is 25.7 Å². The molecule has 0 spiro atoms. The normalized spacial score (nSPS) is 33.6. The van der Waals surface area contributed by atoms with Crippen LogP contribution in [0.4, 0.5) is 0 Å². The Morgan fingerprint density at radius 3 is 2.38 bits per heavy atom. The van der Waals surface area contributed by atoms with Gasteiger partial charge in [-0.2, -0.15) is 0 Å². The molecule has 2 aromatic carbocycles. The summed E-state index contributed by atoms with van der Waals surface area (Å²) >= 11 is 14.3. The smallest absolute Gasteiger partial charge is 0.253 e. The lowest BCUT2D eigenvalue weighted by Gasteiger charge is -2.51. The summed E-state index contributed by atoms with van der Waals surface area (Å²) in [4.78, 5) is 52.9. The van der Waals surface area contributed by atoms with Crippen LogP contribution in [0.1, 0.15) is 29.9 Å². The quantitative estimate of drug-likeness (QED) is 0.343. The zero-order chi connectivity index (χ0) is 27.9. The van der Waals surface area contributed by atoms with E-state index < -0.39 is 45.2 Å². The number of carbonyl (C=O) groups is 4. The van der Waals surface area contributed by atoms with Crippen molar-refractivity contribution in [1.82, 2.24) is 9.80 Å². The summed E-state index contributed by atoms with van der Waals surface area (Å²) in [5.74, 6) is -5.08. The van der Waals surface area contributed by atoms with Gasteiger partial charge < -0.3 is 9.84 Å². The molecule has 2 saturated heterocycles. The summed E-state index contributed by atoms with van der Waals surface area (Å²) in [6.07, 6.45) is 1.97. The van der Waals surface area contributed by atoms with E-state index in [1.54, 1.807) is 12.1 Å². The molecule has 2 aliphatic heterocycles. The van der Waals surface area contributed by atoms with Gasteiger partial charge in [-0.1, -0.05) is 48.0 Å². The molecule has 10 heteroatoms. The molecule has 8 nitrogen and oxygen atoms in total. The van der Waals surface area contributed by atoms with Gasteiger partial charge in [0.1, 0.15) is 11.5 Å². The molecular formula is C29H26Cl2N2O6. The second-order valence-corrected chi connectivity index (χ2v) is 11.9. The fourth-order valence-corrected chi connectivity index (χ4v) is 8.05. The molecule has 0 radical (unpaired) electrons. The molecule has 4 aliphatic rings. The molecule has 6 atom stereocenters. The number of phenols is 1. The fourth-order valence-electron chi connectivity index (χ4n) is 7.05. The number of imide groups is 2. The first-order valence-electron chi connectivity index (χ1n) is 12.7. The predicted octanol–water partition coefficient (Wildman–Crippen LogP) is 3.59. The van der Waals surface area contributed by atoms with Crippen molar-refractivity contribution in [2.75, 3.05) is 14.2 Å². The Labute approximate surface area is 235 Å². The van der Waals surface area contributed by atoms with Crippen LogP contribution >= 0.6 is 23.2 Å². The van der Waals surface area contributed by atoms with Crippen molar-refractivity contribution in [2.45, 2.75) is 35.1 Å². The number of halogens is 2. The van der Waals surface area contributed by atoms with E-state index in [0.717, 1.165) is 10.5 Å². The van der Waals surface area contributed by atoms with Crippen LogP contribution < -0.4 is 4.74 Å². The molecule has 202 valence electrons. The minimum Gasteiger partial charge on any atom is -0.508 e. The number of amides is 4. The summed E-state index contributed by atoms with van der Waals surface area (Å²) in [6.45, 7) is 0.135. The van der Waals surface area contributed by atoms with Gasteiger partial charge >= 0.3 is 0 Å². The van der Waals surface area contributed by atoms with Crippen molar-refractivity contribution in [1.29, 1.82) is 0 Å². The number of likely N-dealkylation sites (tertiary alicyclic amines) is 2. The molecular weight excluding hydrogens is 543 g/mol. The number of nitrogens with zero attached hydrogens (tertiary/aromatic N) is 2. The molecule has 3 fully saturated rings. The van der Waals surface area contributed by atoms with Crippen LogP contribution in [0.3, 0.4) is 0 Å². The Bertz CT molecular complexity index is 1460. The van der Waals surface area contributed by atoms with Gasteiger partial charge in [-0.25, -0.2) is 0 Å². The number of hydrogen-bond donors (Lipinski definition) is 1. The van der Waals surface area contributed by atoms with E-state index in [1.165, 1.54) is 25.1 Å². The molecule has 2 aliphatic carbocycles. The third-order valence-corrected chi connectivity index (χ3v) is 10.3. The molecule has 39 heavy (non-hydrogen) atoms. The van der Waals surface area contributed by atoms with E-state index in [0.29, 0.717) is 5.57 Å². The maximum atomic E-state index is 13.9. The van der Waals surface area contributed by atoms with Crippen LogP contribution in [-0.4, -0.2) is 62.4 Å². The molecule has 0 bridgehead atoms. The molecule has 1 N–H and O–H groups in total. The number of aromatic hydroxyl groups is 1. The lowest BCUT2D eigenvalue weighted by Crippen LogP contribution is -2.60. The number of methoxy groups -OCH3 is 1. The topological polar surface area (TPSA) is 104 Å². The van der Waals surface area contributed by atoms with E-state index in [1.807, 2.05) is 36.4 Å². The van der Waals surface area contributed by atoms with E-state index in [-0.39, 0.29) is 48.3 Å². The number of benzene rings is 2. The van der Waals surface area contributed by atoms with Gasteiger partial charge in [0, 0.05) is 18.5 Å². The van der Waals surface area contributed by atoms with E-state index in [4.69, 9.17) is 27.9 Å². The van der Waals surface area contributed by atoms with Crippen molar-refractivity contribution >= 4 is 46.8 Å². The lowest BCUT2D eigenvalue weighted by atomic mass is 9.56. The van der Waals surface area contributed by atoms with Crippen molar-refractivity contribution in [3.8, 4) is 11.5 Å². The van der Waals surface area contributed by atoms with Gasteiger partial charge in [0.15, 0.2) is 9.75 Å². The summed E-state index contributed by atoms with van der Waals surface area (Å²) in [7, 11) is 2.75. The monoisotopic (exact) mass is 568 g/mol. The Balaban J connectivity index is 1.51. The highest BCUT2D eigenvalue weighted by atomic mass is 35.5. The molecule has 6 rings (SSSR count). The summed E-state index contributed by atoms with van der Waals surface area (Å²) in [6, 6.07) is 13.9. The summed E-state index contributed by atoms with van der Waals surface area (Å²) in [5.41, 5.74) is 1.63. The highest BCUT2D eigenvalue weighted by Crippen LogP contribution is 2.66. The number of rotatable bonds is 4. The third-order valence-electron chi connectivity index (χ3n) is 8.84. The first kappa shape index (κ1) is 25.9. The number of fused-ring (bicyclic) bond motifs is 4. The first-order chi connectivity index (χ1) is 18.6. The van der Waals surface area contributed by atoms with Crippen molar-refractivity contribution in [2.24, 2.45) is 17.8 Å². The van der Waals surface area contributed by atoms with Crippen LogP contribution in [0.15, 0.2) is 60.2 Å². The maximum Gasteiger partial charge on any atom is 0.253 e. The van der Waals surface area contributed by atoms with E-state index in [2.05, 4.69) is 0 Å². The number of carbonyl (C=O) groups excluding carboxylic acids is 4. The number of allylic oxidation sites excluding steroid dienone is 2. The van der Waals surface area contributed by atoms with E-state index in [9.17, 15) is 24.3 Å².